The number of methoxy groups -OCH3 is 1. The van der Waals surface area contributed by atoms with E-state index in [1.807, 2.05) is 0 Å². The van der Waals surface area contributed by atoms with Gasteiger partial charge in [-0.2, -0.15) is 13.1 Å². The van der Waals surface area contributed by atoms with E-state index in [2.05, 4.69) is 10.1 Å². The Kier molecular flexibility index (Phi) is 6.88. The van der Waals surface area contributed by atoms with Crippen LogP contribution in [0.5, 0.6) is 11.5 Å². The van der Waals surface area contributed by atoms with E-state index in [9.17, 15) is 22.0 Å². The number of amides is 1. The second-order valence-electron chi connectivity index (χ2n) is 6.75. The van der Waals surface area contributed by atoms with Crippen LogP contribution in [-0.4, -0.2) is 45.4 Å². The quantitative estimate of drug-likeness (QED) is 0.714. The topological polar surface area (TPSA) is 84.9 Å². The van der Waals surface area contributed by atoms with Crippen molar-refractivity contribution in [3.05, 3.63) is 48.5 Å². The van der Waals surface area contributed by atoms with Crippen LogP contribution in [0.2, 0.25) is 0 Å². The van der Waals surface area contributed by atoms with Crippen LogP contribution in [0.25, 0.3) is 0 Å². The lowest BCUT2D eigenvalue weighted by atomic mass is 9.97. The number of hydrogen-bond acceptors (Lipinski definition) is 5. The molecule has 0 atom stereocenters. The normalized spacial score (nSPS) is 15.7. The number of anilines is 1. The van der Waals surface area contributed by atoms with Gasteiger partial charge in [0.25, 0.3) is 0 Å². The Labute approximate surface area is 173 Å². The van der Waals surface area contributed by atoms with Crippen LogP contribution in [0.15, 0.2) is 53.4 Å². The molecule has 3 rings (SSSR count). The van der Waals surface area contributed by atoms with Crippen LogP contribution in [0.1, 0.15) is 12.8 Å². The SMILES string of the molecule is COc1ccc(S(=O)(=O)N2CCC(C(=O)Nc3ccc(OC(F)F)cc3)CC2)cc1. The van der Waals surface area contributed by atoms with E-state index in [1.54, 1.807) is 12.1 Å². The Morgan fingerprint density at radius 2 is 1.60 bits per heavy atom. The number of piperidine rings is 1. The highest BCUT2D eigenvalue weighted by Crippen LogP contribution is 2.26. The Balaban J connectivity index is 1.56. The third-order valence-corrected chi connectivity index (χ3v) is 6.78. The molecule has 0 aliphatic carbocycles. The summed E-state index contributed by atoms with van der Waals surface area (Å²) in [5, 5.41) is 2.73. The zero-order chi connectivity index (χ0) is 21.7. The number of nitrogens with one attached hydrogen (secondary N) is 1. The molecule has 0 bridgehead atoms. The first-order chi connectivity index (χ1) is 14.3. The summed E-state index contributed by atoms with van der Waals surface area (Å²) in [6.07, 6.45) is 0.765. The summed E-state index contributed by atoms with van der Waals surface area (Å²) in [5.41, 5.74) is 0.454. The number of benzene rings is 2. The predicted octanol–water partition coefficient (Wildman–Crippen LogP) is 3.34. The van der Waals surface area contributed by atoms with E-state index in [0.717, 1.165) is 0 Å². The highest BCUT2D eigenvalue weighted by Gasteiger charge is 2.32. The first kappa shape index (κ1) is 22.0. The van der Waals surface area contributed by atoms with E-state index in [1.165, 1.54) is 47.8 Å². The number of carbonyl (C=O) groups is 1. The molecule has 10 heteroatoms. The summed E-state index contributed by atoms with van der Waals surface area (Å²) < 4.78 is 60.6. The minimum Gasteiger partial charge on any atom is -0.497 e. The molecule has 1 heterocycles. The minimum absolute atomic E-state index is 0.0000423. The Morgan fingerprint density at radius 1 is 1.03 bits per heavy atom. The van der Waals surface area contributed by atoms with Crippen LogP contribution < -0.4 is 14.8 Å². The monoisotopic (exact) mass is 440 g/mol. The molecule has 2 aromatic carbocycles. The Bertz CT molecular complexity index is 958. The van der Waals surface area contributed by atoms with Gasteiger partial charge in [-0.05, 0) is 61.4 Å². The van der Waals surface area contributed by atoms with Crippen LogP contribution in [-0.2, 0) is 14.8 Å². The summed E-state index contributed by atoms with van der Waals surface area (Å²) in [5.74, 6) is -0.0125. The molecule has 0 unspecified atom stereocenters. The van der Waals surface area contributed by atoms with Crippen molar-refractivity contribution in [1.82, 2.24) is 4.31 Å². The van der Waals surface area contributed by atoms with Crippen molar-refractivity contribution in [3.8, 4) is 11.5 Å². The highest BCUT2D eigenvalue weighted by atomic mass is 32.2. The van der Waals surface area contributed by atoms with Gasteiger partial charge in [0.15, 0.2) is 0 Å². The molecule has 0 radical (unpaired) electrons. The zero-order valence-corrected chi connectivity index (χ0v) is 17.1. The van der Waals surface area contributed by atoms with Gasteiger partial charge in [0, 0.05) is 24.7 Å². The van der Waals surface area contributed by atoms with Crippen molar-refractivity contribution < 1.29 is 31.5 Å². The summed E-state index contributed by atoms with van der Waals surface area (Å²) in [6.45, 7) is -2.45. The average Bonchev–Trinajstić information content (AvgIpc) is 2.75. The van der Waals surface area contributed by atoms with E-state index in [0.29, 0.717) is 24.3 Å². The lowest BCUT2D eigenvalue weighted by Crippen LogP contribution is -2.41. The van der Waals surface area contributed by atoms with E-state index < -0.39 is 16.6 Å². The highest BCUT2D eigenvalue weighted by molar-refractivity contribution is 7.89. The van der Waals surface area contributed by atoms with Crippen molar-refractivity contribution in [2.24, 2.45) is 5.92 Å². The number of sulfonamides is 1. The predicted molar refractivity (Wildman–Crippen MR) is 106 cm³/mol. The fourth-order valence-corrected chi connectivity index (χ4v) is 4.69. The van der Waals surface area contributed by atoms with Gasteiger partial charge in [-0.15, -0.1) is 0 Å². The molecule has 1 saturated heterocycles. The number of rotatable bonds is 7. The molecule has 162 valence electrons. The Morgan fingerprint density at radius 3 is 2.13 bits per heavy atom. The van der Waals surface area contributed by atoms with Gasteiger partial charge in [0.1, 0.15) is 11.5 Å². The first-order valence-corrected chi connectivity index (χ1v) is 10.7. The van der Waals surface area contributed by atoms with Crippen LogP contribution in [0.3, 0.4) is 0 Å². The molecule has 0 aromatic heterocycles. The van der Waals surface area contributed by atoms with Gasteiger partial charge in [0.05, 0.1) is 12.0 Å². The van der Waals surface area contributed by atoms with Crippen molar-refractivity contribution >= 4 is 21.6 Å². The third-order valence-electron chi connectivity index (χ3n) is 4.87. The number of hydrogen-bond donors (Lipinski definition) is 1. The maximum atomic E-state index is 12.8. The summed E-state index contributed by atoms with van der Waals surface area (Å²) in [6, 6.07) is 11.8. The lowest BCUT2D eigenvalue weighted by Gasteiger charge is -2.30. The van der Waals surface area contributed by atoms with Gasteiger partial charge in [0.2, 0.25) is 15.9 Å². The van der Waals surface area contributed by atoms with Gasteiger partial charge in [-0.3, -0.25) is 4.79 Å². The van der Waals surface area contributed by atoms with Crippen molar-refractivity contribution in [1.29, 1.82) is 0 Å². The molecule has 7 nitrogen and oxygen atoms in total. The minimum atomic E-state index is -3.64. The van der Waals surface area contributed by atoms with Crippen molar-refractivity contribution in [2.45, 2.75) is 24.3 Å². The van der Waals surface area contributed by atoms with Gasteiger partial charge >= 0.3 is 6.61 Å². The fourth-order valence-electron chi connectivity index (χ4n) is 3.22. The van der Waals surface area contributed by atoms with Crippen LogP contribution in [0, 0.1) is 5.92 Å². The number of alkyl halides is 2. The molecule has 0 saturated carbocycles. The molecule has 1 aliphatic heterocycles. The first-order valence-electron chi connectivity index (χ1n) is 9.29. The molecule has 1 fully saturated rings. The maximum absolute atomic E-state index is 12.8. The molecular weight excluding hydrogens is 418 g/mol. The largest absolute Gasteiger partial charge is 0.497 e. The molecule has 1 amide bonds. The standard InChI is InChI=1S/C20H22F2N2O5S/c1-28-16-6-8-18(9-7-16)30(26,27)24-12-10-14(11-13-24)19(25)23-15-2-4-17(5-3-15)29-20(21)22/h2-9,14,20H,10-13H2,1H3,(H,23,25). The average molecular weight is 440 g/mol. The molecule has 30 heavy (non-hydrogen) atoms. The molecular formula is C20H22F2N2O5S. The molecule has 2 aromatic rings. The van der Waals surface area contributed by atoms with E-state index >= 15 is 0 Å². The number of halogens is 2. The second-order valence-corrected chi connectivity index (χ2v) is 8.68. The van der Waals surface area contributed by atoms with Gasteiger partial charge in [-0.1, -0.05) is 0 Å². The Hall–Kier alpha value is -2.72. The number of nitrogens with zero attached hydrogens (tertiary/aromatic N) is 1. The van der Waals surface area contributed by atoms with E-state index in [-0.39, 0.29) is 35.6 Å². The van der Waals surface area contributed by atoms with Crippen molar-refractivity contribution in [3.63, 3.8) is 0 Å². The summed E-state index contributed by atoms with van der Waals surface area (Å²) in [7, 11) is -2.13. The number of ether oxygens (including phenoxy) is 2. The van der Waals surface area contributed by atoms with Gasteiger partial charge < -0.3 is 14.8 Å². The van der Waals surface area contributed by atoms with E-state index in [4.69, 9.17) is 4.74 Å². The lowest BCUT2D eigenvalue weighted by molar-refractivity contribution is -0.120. The molecule has 0 spiro atoms. The molecule has 1 aliphatic rings. The third kappa shape index (κ3) is 5.25. The summed E-state index contributed by atoms with van der Waals surface area (Å²) in [4.78, 5) is 12.7. The summed E-state index contributed by atoms with van der Waals surface area (Å²) >= 11 is 0. The maximum Gasteiger partial charge on any atom is 0.387 e. The number of carbonyl (C=O) groups excluding carboxylic acids is 1. The van der Waals surface area contributed by atoms with Crippen molar-refractivity contribution in [2.75, 3.05) is 25.5 Å². The second kappa shape index (κ2) is 9.40. The van der Waals surface area contributed by atoms with Crippen LogP contribution >= 0.6 is 0 Å². The van der Waals surface area contributed by atoms with Crippen LogP contribution in [0.4, 0.5) is 14.5 Å². The zero-order valence-electron chi connectivity index (χ0n) is 16.3. The molecule has 1 N–H and O–H groups in total. The van der Waals surface area contributed by atoms with Gasteiger partial charge in [-0.25, -0.2) is 8.42 Å². The fraction of sp³-hybridized carbons (Fsp3) is 0.350. The smallest absolute Gasteiger partial charge is 0.387 e.